The summed E-state index contributed by atoms with van der Waals surface area (Å²) in [5.74, 6) is -2.11. The van der Waals surface area contributed by atoms with Gasteiger partial charge in [-0.2, -0.15) is 0 Å². The highest BCUT2D eigenvalue weighted by Gasteiger charge is 2.30. The molecule has 144 valence electrons. The van der Waals surface area contributed by atoms with Crippen molar-refractivity contribution in [3.05, 3.63) is 70.4 Å². The van der Waals surface area contributed by atoms with Crippen LogP contribution in [0, 0.1) is 11.6 Å². The maximum Gasteiger partial charge on any atom is 0.346 e. The van der Waals surface area contributed by atoms with E-state index in [1.165, 1.54) is 10.7 Å². The van der Waals surface area contributed by atoms with Gasteiger partial charge in [0.15, 0.2) is 17.5 Å². The number of carbonyl (C=O) groups is 1. The predicted octanol–water partition coefficient (Wildman–Crippen LogP) is 2.15. The van der Waals surface area contributed by atoms with Gasteiger partial charge < -0.3 is 5.32 Å². The summed E-state index contributed by atoms with van der Waals surface area (Å²) < 4.78 is 29.2. The van der Waals surface area contributed by atoms with E-state index in [9.17, 15) is 18.4 Å². The smallest absolute Gasteiger partial charge is 0.346 e. The number of nitrogens with one attached hydrogen (secondary N) is 1. The normalized spacial score (nSPS) is 13.5. The van der Waals surface area contributed by atoms with Gasteiger partial charge in [0.1, 0.15) is 0 Å². The number of pyridine rings is 1. The lowest BCUT2D eigenvalue weighted by Crippen LogP contribution is -2.32. The van der Waals surface area contributed by atoms with E-state index < -0.39 is 17.5 Å². The Balaban J connectivity index is 1.49. The molecule has 0 saturated heterocycles. The number of benzene rings is 1. The van der Waals surface area contributed by atoms with Gasteiger partial charge in [-0.05, 0) is 43.2 Å². The summed E-state index contributed by atoms with van der Waals surface area (Å²) >= 11 is 0. The van der Waals surface area contributed by atoms with Crippen LogP contribution in [0.1, 0.15) is 29.2 Å². The Labute approximate surface area is 158 Å². The average molecular weight is 385 g/mol. The topological polar surface area (TPSA) is 81.8 Å². The second-order valence-electron chi connectivity index (χ2n) is 6.56. The molecule has 2 heterocycles. The molecular formula is C19H17F2N5O2. The molecule has 0 spiro atoms. The average Bonchev–Trinajstić information content (AvgIpc) is 3.48. The van der Waals surface area contributed by atoms with Gasteiger partial charge in [0.25, 0.3) is 5.91 Å². The lowest BCUT2D eigenvalue weighted by Gasteiger charge is -2.05. The highest BCUT2D eigenvalue weighted by molar-refractivity contribution is 5.94. The first-order chi connectivity index (χ1) is 13.5. The lowest BCUT2D eigenvalue weighted by molar-refractivity contribution is 0.0951. The molecule has 0 unspecified atom stereocenters. The minimum atomic E-state index is -1.09. The summed E-state index contributed by atoms with van der Waals surface area (Å²) in [6.45, 7) is 0.271. The SMILES string of the molecule is O=C(NCCn1nc(-c2cccnc2)n(C2CC2)c1=O)c1ccc(F)c(F)c1. The molecule has 3 aromatic rings. The van der Waals surface area contributed by atoms with E-state index >= 15 is 0 Å². The van der Waals surface area contributed by atoms with E-state index in [4.69, 9.17) is 0 Å². The molecule has 1 aliphatic rings. The molecule has 1 N–H and O–H groups in total. The van der Waals surface area contributed by atoms with Crippen molar-refractivity contribution in [1.29, 1.82) is 0 Å². The molecule has 0 aliphatic heterocycles. The summed E-state index contributed by atoms with van der Waals surface area (Å²) in [7, 11) is 0. The number of nitrogens with zero attached hydrogens (tertiary/aromatic N) is 4. The van der Waals surface area contributed by atoms with Crippen molar-refractivity contribution in [1.82, 2.24) is 24.6 Å². The predicted molar refractivity (Wildman–Crippen MR) is 96.7 cm³/mol. The van der Waals surface area contributed by atoms with Gasteiger partial charge in [0.2, 0.25) is 0 Å². The first-order valence-corrected chi connectivity index (χ1v) is 8.87. The highest BCUT2D eigenvalue weighted by Crippen LogP contribution is 2.36. The number of amides is 1. The van der Waals surface area contributed by atoms with Crippen molar-refractivity contribution in [3.63, 3.8) is 0 Å². The Bertz CT molecular complexity index is 1070. The van der Waals surface area contributed by atoms with Crippen molar-refractivity contribution >= 4 is 5.91 Å². The molecule has 1 fully saturated rings. The van der Waals surface area contributed by atoms with Crippen LogP contribution in [0.2, 0.25) is 0 Å². The monoisotopic (exact) mass is 385 g/mol. The van der Waals surface area contributed by atoms with Crippen LogP contribution in [0.5, 0.6) is 0 Å². The van der Waals surface area contributed by atoms with Crippen LogP contribution in [0.4, 0.5) is 8.78 Å². The van der Waals surface area contributed by atoms with E-state index in [2.05, 4.69) is 15.4 Å². The van der Waals surface area contributed by atoms with E-state index in [1.807, 2.05) is 6.07 Å². The molecule has 1 saturated carbocycles. The van der Waals surface area contributed by atoms with Gasteiger partial charge in [-0.25, -0.2) is 18.3 Å². The second kappa shape index (κ2) is 7.34. The van der Waals surface area contributed by atoms with Crippen LogP contribution in [-0.4, -0.2) is 31.8 Å². The molecule has 0 atom stereocenters. The van der Waals surface area contributed by atoms with Crippen molar-refractivity contribution < 1.29 is 13.6 Å². The fraction of sp³-hybridized carbons (Fsp3) is 0.263. The molecular weight excluding hydrogens is 368 g/mol. The van der Waals surface area contributed by atoms with Crippen LogP contribution in [0.15, 0.2) is 47.5 Å². The number of hydrogen-bond donors (Lipinski definition) is 1. The summed E-state index contributed by atoms with van der Waals surface area (Å²) in [5, 5.41) is 6.99. The summed E-state index contributed by atoms with van der Waals surface area (Å²) in [6, 6.07) is 6.67. The first kappa shape index (κ1) is 18.0. The Morgan fingerprint density at radius 1 is 1.21 bits per heavy atom. The van der Waals surface area contributed by atoms with Gasteiger partial charge in [-0.15, -0.1) is 5.10 Å². The minimum absolute atomic E-state index is 0.00538. The van der Waals surface area contributed by atoms with Crippen LogP contribution < -0.4 is 11.0 Å². The Morgan fingerprint density at radius 2 is 2.04 bits per heavy atom. The molecule has 28 heavy (non-hydrogen) atoms. The van der Waals surface area contributed by atoms with Crippen molar-refractivity contribution in [2.45, 2.75) is 25.4 Å². The standard InChI is InChI=1S/C19H17F2N5O2/c20-15-6-3-12(10-16(15)21)18(27)23-8-9-25-19(28)26(14-4-5-14)17(24-25)13-2-1-7-22-11-13/h1-3,6-7,10-11,14H,4-5,8-9H2,(H,23,27). The van der Waals surface area contributed by atoms with E-state index in [0.29, 0.717) is 5.82 Å². The maximum atomic E-state index is 13.3. The molecule has 1 aromatic carbocycles. The second-order valence-corrected chi connectivity index (χ2v) is 6.56. The summed E-state index contributed by atoms with van der Waals surface area (Å²) in [4.78, 5) is 28.9. The van der Waals surface area contributed by atoms with Crippen molar-refractivity contribution in [3.8, 4) is 11.4 Å². The zero-order valence-corrected chi connectivity index (χ0v) is 14.8. The minimum Gasteiger partial charge on any atom is -0.350 e. The molecule has 9 heteroatoms. The van der Waals surface area contributed by atoms with E-state index in [0.717, 1.165) is 30.5 Å². The van der Waals surface area contributed by atoms with Gasteiger partial charge in [0, 0.05) is 36.1 Å². The third kappa shape index (κ3) is 3.55. The molecule has 2 aromatic heterocycles. The molecule has 1 amide bonds. The van der Waals surface area contributed by atoms with E-state index in [-0.39, 0.29) is 30.4 Å². The summed E-state index contributed by atoms with van der Waals surface area (Å²) in [5.41, 5.74) is 0.505. The highest BCUT2D eigenvalue weighted by atomic mass is 19.2. The fourth-order valence-corrected chi connectivity index (χ4v) is 2.93. The Morgan fingerprint density at radius 3 is 2.71 bits per heavy atom. The fourth-order valence-electron chi connectivity index (χ4n) is 2.93. The Kier molecular flexibility index (Phi) is 4.72. The van der Waals surface area contributed by atoms with Crippen LogP contribution >= 0.6 is 0 Å². The molecule has 7 nitrogen and oxygen atoms in total. The molecule has 4 rings (SSSR count). The van der Waals surface area contributed by atoms with Gasteiger partial charge in [-0.1, -0.05) is 0 Å². The molecule has 1 aliphatic carbocycles. The zero-order chi connectivity index (χ0) is 19.7. The first-order valence-electron chi connectivity index (χ1n) is 8.87. The van der Waals surface area contributed by atoms with Crippen molar-refractivity contribution in [2.75, 3.05) is 6.54 Å². The van der Waals surface area contributed by atoms with Crippen LogP contribution in [-0.2, 0) is 6.54 Å². The lowest BCUT2D eigenvalue weighted by atomic mass is 10.2. The largest absolute Gasteiger partial charge is 0.350 e. The summed E-state index contributed by atoms with van der Waals surface area (Å²) in [6.07, 6.45) is 5.14. The number of carbonyl (C=O) groups excluding carboxylic acids is 1. The maximum absolute atomic E-state index is 13.3. The third-order valence-electron chi connectivity index (χ3n) is 4.49. The number of aromatic nitrogens is 4. The van der Waals surface area contributed by atoms with Crippen LogP contribution in [0.25, 0.3) is 11.4 Å². The van der Waals surface area contributed by atoms with Gasteiger partial charge >= 0.3 is 5.69 Å². The van der Waals surface area contributed by atoms with Gasteiger partial charge in [-0.3, -0.25) is 14.3 Å². The zero-order valence-electron chi connectivity index (χ0n) is 14.8. The van der Waals surface area contributed by atoms with Gasteiger partial charge in [0.05, 0.1) is 6.54 Å². The molecule has 0 radical (unpaired) electrons. The number of halogens is 2. The van der Waals surface area contributed by atoms with Crippen LogP contribution in [0.3, 0.4) is 0 Å². The van der Waals surface area contributed by atoms with Crippen molar-refractivity contribution in [2.24, 2.45) is 0 Å². The van der Waals surface area contributed by atoms with E-state index in [1.54, 1.807) is 23.0 Å². The third-order valence-corrected chi connectivity index (χ3v) is 4.49. The number of hydrogen-bond acceptors (Lipinski definition) is 4. The number of rotatable bonds is 6. The quantitative estimate of drug-likeness (QED) is 0.705. The molecule has 0 bridgehead atoms. The Hall–Kier alpha value is -3.36.